The Balaban J connectivity index is 3.94. The van der Waals surface area contributed by atoms with Crippen LogP contribution in [0.2, 0.25) is 0 Å². The normalized spacial score (nSPS) is 14.3. The summed E-state index contributed by atoms with van der Waals surface area (Å²) in [6.07, 6.45) is -2.68. The summed E-state index contributed by atoms with van der Waals surface area (Å²) in [6.45, 7) is 4.28. The van der Waals surface area contributed by atoms with Crippen LogP contribution in [0.5, 0.6) is 0 Å². The van der Waals surface area contributed by atoms with E-state index in [4.69, 9.17) is 5.11 Å². The van der Waals surface area contributed by atoms with Crippen molar-refractivity contribution in [2.75, 3.05) is 32.8 Å². The van der Waals surface area contributed by atoms with E-state index in [-0.39, 0.29) is 12.6 Å². The molecular weight excluding hydrogens is 233 g/mol. The number of nitrogens with one attached hydrogen (secondary N) is 1. The second-order valence-corrected chi connectivity index (χ2v) is 4.11. The summed E-state index contributed by atoms with van der Waals surface area (Å²) >= 11 is 0. The van der Waals surface area contributed by atoms with Crippen molar-refractivity contribution in [1.29, 1.82) is 0 Å². The van der Waals surface area contributed by atoms with Gasteiger partial charge in [0.1, 0.15) is 0 Å². The molecular formula is C11H23F3N2O. The Morgan fingerprint density at radius 3 is 2.35 bits per heavy atom. The molecule has 0 aromatic heterocycles. The summed E-state index contributed by atoms with van der Waals surface area (Å²) in [7, 11) is 0. The molecule has 0 saturated heterocycles. The van der Waals surface area contributed by atoms with Gasteiger partial charge in [-0.2, -0.15) is 13.2 Å². The second-order valence-electron chi connectivity index (χ2n) is 4.11. The lowest BCUT2D eigenvalue weighted by atomic mass is 10.2. The van der Waals surface area contributed by atoms with E-state index in [0.717, 1.165) is 13.0 Å². The Morgan fingerprint density at radius 1 is 1.29 bits per heavy atom. The lowest BCUT2D eigenvalue weighted by Crippen LogP contribution is -2.40. The van der Waals surface area contributed by atoms with E-state index in [1.807, 2.05) is 6.92 Å². The molecule has 0 aliphatic carbocycles. The largest absolute Gasteiger partial charge is 0.401 e. The molecule has 0 bridgehead atoms. The van der Waals surface area contributed by atoms with Gasteiger partial charge in [0.25, 0.3) is 0 Å². The van der Waals surface area contributed by atoms with Crippen molar-refractivity contribution in [3.8, 4) is 0 Å². The summed E-state index contributed by atoms with van der Waals surface area (Å²) in [4.78, 5) is 1.34. The fourth-order valence-corrected chi connectivity index (χ4v) is 1.55. The maximum atomic E-state index is 12.2. The Morgan fingerprint density at radius 2 is 1.94 bits per heavy atom. The zero-order valence-electron chi connectivity index (χ0n) is 10.6. The molecule has 0 saturated carbocycles. The quantitative estimate of drug-likeness (QED) is 0.658. The van der Waals surface area contributed by atoms with Crippen LogP contribution in [0.25, 0.3) is 0 Å². The molecule has 2 N–H and O–H groups in total. The van der Waals surface area contributed by atoms with Crippen LogP contribution >= 0.6 is 0 Å². The van der Waals surface area contributed by atoms with Crippen molar-refractivity contribution in [3.63, 3.8) is 0 Å². The zero-order valence-corrected chi connectivity index (χ0v) is 10.6. The molecule has 104 valence electrons. The van der Waals surface area contributed by atoms with E-state index in [1.54, 1.807) is 6.92 Å². The zero-order chi connectivity index (χ0) is 13.3. The Labute approximate surface area is 101 Å². The van der Waals surface area contributed by atoms with Crippen molar-refractivity contribution < 1.29 is 18.3 Å². The van der Waals surface area contributed by atoms with Crippen molar-refractivity contribution in [2.24, 2.45) is 0 Å². The molecule has 0 heterocycles. The van der Waals surface area contributed by atoms with Crippen LogP contribution in [0.4, 0.5) is 13.2 Å². The molecule has 0 fully saturated rings. The number of hydrogen-bond donors (Lipinski definition) is 2. The lowest BCUT2D eigenvalue weighted by molar-refractivity contribution is -0.145. The van der Waals surface area contributed by atoms with E-state index < -0.39 is 12.7 Å². The van der Waals surface area contributed by atoms with Crippen LogP contribution in [0, 0.1) is 0 Å². The first-order chi connectivity index (χ1) is 7.92. The van der Waals surface area contributed by atoms with Gasteiger partial charge in [-0.15, -0.1) is 0 Å². The van der Waals surface area contributed by atoms with Crippen LogP contribution < -0.4 is 5.32 Å². The Kier molecular flexibility index (Phi) is 8.55. The smallest absolute Gasteiger partial charge is 0.395 e. The van der Waals surface area contributed by atoms with E-state index in [9.17, 15) is 13.2 Å². The molecule has 0 aromatic carbocycles. The van der Waals surface area contributed by atoms with Crippen molar-refractivity contribution >= 4 is 0 Å². The van der Waals surface area contributed by atoms with E-state index >= 15 is 0 Å². The third kappa shape index (κ3) is 9.38. The van der Waals surface area contributed by atoms with Crippen LogP contribution in [0.15, 0.2) is 0 Å². The minimum atomic E-state index is -4.15. The highest BCUT2D eigenvalue weighted by Gasteiger charge is 2.30. The Hall–Kier alpha value is -0.330. The van der Waals surface area contributed by atoms with Gasteiger partial charge in [-0.3, -0.25) is 4.90 Å². The molecule has 0 aromatic rings. The molecule has 0 aliphatic rings. The summed E-state index contributed by atoms with van der Waals surface area (Å²) in [5.74, 6) is 0. The fraction of sp³-hybridized carbons (Fsp3) is 1.00. The summed E-state index contributed by atoms with van der Waals surface area (Å²) in [5.41, 5.74) is 0. The van der Waals surface area contributed by atoms with Crippen LogP contribution in [0.1, 0.15) is 26.7 Å². The number of nitrogens with zero attached hydrogens (tertiary/aromatic N) is 1. The molecule has 1 atom stereocenters. The average Bonchev–Trinajstić information content (AvgIpc) is 2.26. The highest BCUT2D eigenvalue weighted by atomic mass is 19.4. The number of hydrogen-bond acceptors (Lipinski definition) is 3. The van der Waals surface area contributed by atoms with Gasteiger partial charge in [0, 0.05) is 12.6 Å². The Bertz CT molecular complexity index is 188. The van der Waals surface area contributed by atoms with Gasteiger partial charge >= 0.3 is 6.18 Å². The van der Waals surface area contributed by atoms with E-state index in [0.29, 0.717) is 19.5 Å². The molecule has 0 aliphatic heterocycles. The number of halogens is 3. The first kappa shape index (κ1) is 16.7. The minimum absolute atomic E-state index is 0.0381. The minimum Gasteiger partial charge on any atom is -0.395 e. The van der Waals surface area contributed by atoms with Crippen LogP contribution in [-0.4, -0.2) is 55.0 Å². The molecule has 17 heavy (non-hydrogen) atoms. The van der Waals surface area contributed by atoms with E-state index in [1.165, 1.54) is 4.90 Å². The molecule has 3 nitrogen and oxygen atoms in total. The summed E-state index contributed by atoms with van der Waals surface area (Å²) < 4.78 is 36.6. The van der Waals surface area contributed by atoms with Crippen molar-refractivity contribution in [3.05, 3.63) is 0 Å². The third-order valence-corrected chi connectivity index (χ3v) is 2.55. The maximum absolute atomic E-state index is 12.2. The number of alkyl halides is 3. The van der Waals surface area contributed by atoms with Gasteiger partial charge in [-0.1, -0.05) is 13.8 Å². The maximum Gasteiger partial charge on any atom is 0.401 e. The van der Waals surface area contributed by atoms with Gasteiger partial charge in [-0.05, 0) is 25.9 Å². The molecule has 1 unspecified atom stereocenters. The average molecular weight is 256 g/mol. The van der Waals surface area contributed by atoms with Crippen LogP contribution in [0.3, 0.4) is 0 Å². The van der Waals surface area contributed by atoms with Gasteiger partial charge in [0.2, 0.25) is 0 Å². The van der Waals surface area contributed by atoms with Gasteiger partial charge < -0.3 is 10.4 Å². The molecule has 0 spiro atoms. The predicted molar refractivity (Wildman–Crippen MR) is 62.0 cm³/mol. The topological polar surface area (TPSA) is 35.5 Å². The molecule has 0 rings (SSSR count). The molecule has 0 radical (unpaired) electrons. The van der Waals surface area contributed by atoms with Gasteiger partial charge in [0.15, 0.2) is 0 Å². The van der Waals surface area contributed by atoms with Crippen LogP contribution in [-0.2, 0) is 0 Å². The van der Waals surface area contributed by atoms with Crippen molar-refractivity contribution in [2.45, 2.75) is 38.9 Å². The van der Waals surface area contributed by atoms with Gasteiger partial charge in [0.05, 0.1) is 13.2 Å². The fourth-order valence-electron chi connectivity index (χ4n) is 1.55. The molecule has 6 heteroatoms. The highest BCUT2D eigenvalue weighted by molar-refractivity contribution is 4.69. The number of rotatable bonds is 9. The summed E-state index contributed by atoms with van der Waals surface area (Å²) in [6, 6.07) is -0.114. The standard InChI is InChI=1S/C11H23F3N2O/c1-3-6-15-10(8-17)5-7-16(4-2)9-11(12,13)14/h10,15,17H,3-9H2,1-2H3. The first-order valence-electron chi connectivity index (χ1n) is 6.06. The number of aliphatic hydroxyl groups excluding tert-OH is 1. The monoisotopic (exact) mass is 256 g/mol. The predicted octanol–water partition coefficient (Wildman–Crippen LogP) is 1.62. The highest BCUT2D eigenvalue weighted by Crippen LogP contribution is 2.16. The summed E-state index contributed by atoms with van der Waals surface area (Å²) in [5, 5.41) is 12.2. The second kappa shape index (κ2) is 8.72. The molecule has 0 amide bonds. The van der Waals surface area contributed by atoms with E-state index in [2.05, 4.69) is 5.32 Å². The number of aliphatic hydroxyl groups is 1. The third-order valence-electron chi connectivity index (χ3n) is 2.55. The lowest BCUT2D eigenvalue weighted by Gasteiger charge is -2.24. The van der Waals surface area contributed by atoms with Crippen molar-refractivity contribution in [1.82, 2.24) is 10.2 Å². The SMILES string of the molecule is CCCNC(CO)CCN(CC)CC(F)(F)F. The van der Waals surface area contributed by atoms with Gasteiger partial charge in [-0.25, -0.2) is 0 Å². The first-order valence-corrected chi connectivity index (χ1v) is 6.06.